The summed E-state index contributed by atoms with van der Waals surface area (Å²) in [5.41, 5.74) is 0. The smallest absolute Gasteiger partial charge is 0.227 e. The van der Waals surface area contributed by atoms with Crippen LogP contribution in [0.3, 0.4) is 0 Å². The van der Waals surface area contributed by atoms with Crippen molar-refractivity contribution in [1.82, 2.24) is 0 Å². The van der Waals surface area contributed by atoms with E-state index in [0.29, 0.717) is 0 Å². The maximum Gasteiger partial charge on any atom is 0.227 e. The second-order valence-corrected chi connectivity index (χ2v) is 12.2. The largest absolute Gasteiger partial charge is 0.450 e. The third kappa shape index (κ3) is 7.31. The van der Waals surface area contributed by atoms with Crippen LogP contribution in [0.2, 0.25) is 0 Å². The number of aliphatic hydroxyl groups is 11. The molecule has 5 aliphatic rings. The zero-order valence-corrected chi connectivity index (χ0v) is 25.5. The van der Waals surface area contributed by atoms with Gasteiger partial charge in [0, 0.05) is 6.92 Å². The number of hydrogen-bond acceptors (Lipinski definition) is 20. The molecular formula is C27H45NO19. The number of rotatable bonds is 10. The van der Waals surface area contributed by atoms with Gasteiger partial charge in [-0.15, -0.1) is 0 Å². The molecule has 0 aromatic heterocycles. The molecule has 0 amide bonds. The van der Waals surface area contributed by atoms with Crippen LogP contribution in [0.25, 0.3) is 0 Å². The van der Waals surface area contributed by atoms with Crippen LogP contribution in [0.1, 0.15) is 20.3 Å². The number of aliphatic imine (C=N–C) groups is 1. The number of aliphatic hydroxyl groups excluding tert-OH is 11. The van der Waals surface area contributed by atoms with E-state index >= 15 is 0 Å². The van der Waals surface area contributed by atoms with Gasteiger partial charge in [-0.1, -0.05) is 6.92 Å². The Kier molecular flexibility index (Phi) is 12.1. The molecule has 0 bridgehead atoms. The summed E-state index contributed by atoms with van der Waals surface area (Å²) in [5, 5.41) is 115. The van der Waals surface area contributed by atoms with Crippen LogP contribution in [-0.2, 0) is 37.9 Å². The Morgan fingerprint density at radius 1 is 0.574 bits per heavy atom. The average Bonchev–Trinajstić information content (AvgIpc) is 3.44. The monoisotopic (exact) mass is 687 g/mol. The number of fused-ring (bicyclic) bond motifs is 1. The first kappa shape index (κ1) is 37.0. The van der Waals surface area contributed by atoms with Crippen LogP contribution in [0.15, 0.2) is 4.99 Å². The van der Waals surface area contributed by atoms with E-state index < -0.39 is 143 Å². The number of hydrogen-bond donors (Lipinski definition) is 11. The predicted molar refractivity (Wildman–Crippen MR) is 147 cm³/mol. The Morgan fingerprint density at radius 2 is 1.11 bits per heavy atom. The quantitative estimate of drug-likeness (QED) is 0.102. The zero-order valence-electron chi connectivity index (χ0n) is 25.5. The Bertz CT molecular complexity index is 1060. The summed E-state index contributed by atoms with van der Waals surface area (Å²) in [6.45, 7) is 1.13. The van der Waals surface area contributed by atoms with Gasteiger partial charge in [-0.2, -0.15) is 0 Å². The van der Waals surface area contributed by atoms with Crippen molar-refractivity contribution in [3.63, 3.8) is 0 Å². The van der Waals surface area contributed by atoms with Crippen molar-refractivity contribution in [3.05, 3.63) is 0 Å². The summed E-state index contributed by atoms with van der Waals surface area (Å²) >= 11 is 0. The standard InChI is InChI=1S/C27H45NO19/c1-3-8-13(31)17(35)20(38)25(42-8)47-23-19(37)14(32)9(4-29)43-27(23)40-6-11-15(33)18(36)21(39)26(45-11)46-22-10(5-30)44-24-12(16(22)34)28-7(2)41-24/h8-27,29-39H,3-6H2,1-2H3/t8?,9?,10?,11?,12?,13-,14-,15-,16-,17+,18+,19+,20?,21?,22-,23?,24+,25-,26+,27+/m1/s1. The van der Waals surface area contributed by atoms with Crippen molar-refractivity contribution >= 4 is 5.90 Å². The molecule has 4 saturated heterocycles. The molecule has 0 aromatic rings. The van der Waals surface area contributed by atoms with Crippen molar-refractivity contribution < 1.29 is 94.1 Å². The predicted octanol–water partition coefficient (Wildman–Crippen LogP) is -6.87. The van der Waals surface area contributed by atoms with Crippen molar-refractivity contribution in [2.24, 2.45) is 4.99 Å². The van der Waals surface area contributed by atoms with Crippen LogP contribution < -0.4 is 0 Å². The topological polar surface area (TPSA) is 309 Å². The molecule has 20 heteroatoms. The van der Waals surface area contributed by atoms with Crippen LogP contribution in [0.4, 0.5) is 0 Å². The van der Waals surface area contributed by atoms with E-state index in [4.69, 9.17) is 37.9 Å². The Morgan fingerprint density at radius 3 is 1.70 bits per heavy atom. The van der Waals surface area contributed by atoms with Crippen molar-refractivity contribution in [2.45, 2.75) is 143 Å². The lowest BCUT2D eigenvalue weighted by molar-refractivity contribution is -0.375. The number of ether oxygens (including phenoxy) is 8. The van der Waals surface area contributed by atoms with Gasteiger partial charge in [-0.05, 0) is 6.42 Å². The normalized spacial score (nSPS) is 52.1. The first-order chi connectivity index (χ1) is 22.3. The number of nitrogens with zero attached hydrogens (tertiary/aromatic N) is 1. The lowest BCUT2D eigenvalue weighted by Crippen LogP contribution is -2.65. The van der Waals surface area contributed by atoms with Crippen LogP contribution in [0.5, 0.6) is 0 Å². The minimum Gasteiger partial charge on any atom is -0.450 e. The molecule has 11 N–H and O–H groups in total. The second kappa shape index (κ2) is 15.3. The molecule has 0 radical (unpaired) electrons. The maximum atomic E-state index is 10.9. The molecule has 8 unspecified atom stereocenters. The summed E-state index contributed by atoms with van der Waals surface area (Å²) in [7, 11) is 0. The van der Waals surface area contributed by atoms with Crippen molar-refractivity contribution in [3.8, 4) is 0 Å². The summed E-state index contributed by atoms with van der Waals surface area (Å²) in [4.78, 5) is 4.15. The maximum absolute atomic E-state index is 10.9. The van der Waals surface area contributed by atoms with E-state index in [-0.39, 0.29) is 12.3 Å². The van der Waals surface area contributed by atoms with E-state index in [9.17, 15) is 56.2 Å². The molecule has 20 nitrogen and oxygen atoms in total. The minimum atomic E-state index is -1.87. The third-order valence-electron chi connectivity index (χ3n) is 9.01. The molecule has 4 fully saturated rings. The summed E-state index contributed by atoms with van der Waals surface area (Å²) in [6, 6.07) is -0.927. The molecule has 0 spiro atoms. The van der Waals surface area contributed by atoms with E-state index in [2.05, 4.69) is 4.99 Å². The van der Waals surface area contributed by atoms with Crippen molar-refractivity contribution in [1.29, 1.82) is 0 Å². The molecule has 5 rings (SSSR count). The molecule has 0 aromatic carbocycles. The average molecular weight is 688 g/mol. The summed E-state index contributed by atoms with van der Waals surface area (Å²) in [6.07, 6.45) is -29.2. The highest BCUT2D eigenvalue weighted by Crippen LogP contribution is 2.34. The first-order valence-corrected chi connectivity index (χ1v) is 15.4. The molecule has 47 heavy (non-hydrogen) atoms. The van der Waals surface area contributed by atoms with Crippen LogP contribution >= 0.6 is 0 Å². The molecule has 5 heterocycles. The highest BCUT2D eigenvalue weighted by Gasteiger charge is 2.54. The Labute approximate surface area is 268 Å². The van der Waals surface area contributed by atoms with E-state index in [1.54, 1.807) is 13.8 Å². The Hall–Kier alpha value is -1.25. The highest BCUT2D eigenvalue weighted by atomic mass is 16.8. The van der Waals surface area contributed by atoms with E-state index in [0.717, 1.165) is 0 Å². The zero-order chi connectivity index (χ0) is 34.3. The van der Waals surface area contributed by atoms with Crippen LogP contribution in [-0.4, -0.2) is 205 Å². The molecule has 5 aliphatic heterocycles. The van der Waals surface area contributed by atoms with Gasteiger partial charge >= 0.3 is 0 Å². The Balaban J connectivity index is 1.29. The molecule has 272 valence electrons. The third-order valence-corrected chi connectivity index (χ3v) is 9.01. The van der Waals surface area contributed by atoms with E-state index in [1.165, 1.54) is 0 Å². The van der Waals surface area contributed by atoms with Gasteiger partial charge < -0.3 is 94.1 Å². The van der Waals surface area contributed by atoms with Crippen molar-refractivity contribution in [2.75, 3.05) is 19.8 Å². The fraction of sp³-hybridized carbons (Fsp3) is 0.963. The van der Waals surface area contributed by atoms with Gasteiger partial charge in [-0.25, -0.2) is 4.99 Å². The van der Waals surface area contributed by atoms with Gasteiger partial charge in [0.15, 0.2) is 24.8 Å². The highest BCUT2D eigenvalue weighted by molar-refractivity contribution is 5.75. The summed E-state index contributed by atoms with van der Waals surface area (Å²) < 4.78 is 45.1. The minimum absolute atomic E-state index is 0.211. The summed E-state index contributed by atoms with van der Waals surface area (Å²) in [5.74, 6) is 0.234. The molecule has 0 aliphatic carbocycles. The second-order valence-electron chi connectivity index (χ2n) is 12.2. The SMILES string of the molecule is CCC1O[C@H](OC2[C@@H](OCC3O[C@@H](O[C@@H]4C(CO)O[C@@H]5OC(C)=NC5[C@H]4O)C(O)[C@@H](O)[C@@H]3O)OC(CO)[C@@H](O)[C@@H]2O)C(O)[C@@H](O)[C@@H]1O. The fourth-order valence-electron chi connectivity index (χ4n) is 6.23. The van der Waals surface area contributed by atoms with Gasteiger partial charge in [-0.3, -0.25) is 0 Å². The van der Waals surface area contributed by atoms with E-state index in [1.807, 2.05) is 0 Å². The first-order valence-electron chi connectivity index (χ1n) is 15.4. The van der Waals surface area contributed by atoms with Gasteiger partial charge in [0.05, 0.1) is 25.9 Å². The van der Waals surface area contributed by atoms with Gasteiger partial charge in [0.2, 0.25) is 6.29 Å². The van der Waals surface area contributed by atoms with Gasteiger partial charge in [0.25, 0.3) is 0 Å². The molecular weight excluding hydrogens is 642 g/mol. The molecule has 0 saturated carbocycles. The van der Waals surface area contributed by atoms with Crippen LogP contribution in [0, 0.1) is 0 Å². The lowest BCUT2D eigenvalue weighted by Gasteiger charge is -2.47. The lowest BCUT2D eigenvalue weighted by atomic mass is 9.96. The molecule has 20 atom stereocenters. The van der Waals surface area contributed by atoms with Gasteiger partial charge in [0.1, 0.15) is 91.5 Å². The fourth-order valence-corrected chi connectivity index (χ4v) is 6.23.